The second-order valence-electron chi connectivity index (χ2n) is 6.21. The number of hydrogen-bond acceptors (Lipinski definition) is 4. The largest absolute Gasteiger partial charge is 0.319 e. The van der Waals surface area contributed by atoms with Gasteiger partial charge in [-0.2, -0.15) is 10.2 Å². The van der Waals surface area contributed by atoms with Crippen LogP contribution in [0, 0.1) is 13.8 Å². The molecule has 2 amide bonds. The molecule has 0 saturated carbocycles. The van der Waals surface area contributed by atoms with E-state index in [-0.39, 0.29) is 11.8 Å². The predicted octanol–water partition coefficient (Wildman–Crippen LogP) is 2.76. The van der Waals surface area contributed by atoms with Crippen LogP contribution in [0.2, 0.25) is 0 Å². The van der Waals surface area contributed by atoms with Gasteiger partial charge < -0.3 is 10.6 Å². The maximum absolute atomic E-state index is 12.9. The molecular weight excluding hydrogens is 344 g/mol. The lowest BCUT2D eigenvalue weighted by Gasteiger charge is -2.10. The summed E-state index contributed by atoms with van der Waals surface area (Å²) in [5.74, 6) is -0.638. The van der Waals surface area contributed by atoms with Gasteiger partial charge in [-0.25, -0.2) is 0 Å². The third-order valence-corrected chi connectivity index (χ3v) is 4.48. The van der Waals surface area contributed by atoms with E-state index < -0.39 is 0 Å². The number of carbonyl (C=O) groups excluding carboxylic acids is 2. The van der Waals surface area contributed by atoms with Crippen LogP contribution in [0.4, 0.5) is 11.4 Å². The van der Waals surface area contributed by atoms with Crippen LogP contribution in [-0.2, 0) is 13.6 Å². The number of nitrogens with zero attached hydrogens (tertiary/aromatic N) is 4. The summed E-state index contributed by atoms with van der Waals surface area (Å²) < 4.78 is 3.22. The van der Waals surface area contributed by atoms with Gasteiger partial charge >= 0.3 is 0 Å². The Balaban J connectivity index is 1.88. The summed E-state index contributed by atoms with van der Waals surface area (Å²) in [5.41, 5.74) is 3.51. The van der Waals surface area contributed by atoms with E-state index in [4.69, 9.17) is 0 Å². The minimum Gasteiger partial charge on any atom is -0.319 e. The number of aryl methyl sites for hydroxylation is 3. The molecule has 8 heteroatoms. The van der Waals surface area contributed by atoms with Crippen molar-refractivity contribution < 1.29 is 9.59 Å². The van der Waals surface area contributed by atoms with Crippen molar-refractivity contribution >= 4 is 23.2 Å². The van der Waals surface area contributed by atoms with Crippen molar-refractivity contribution in [3.63, 3.8) is 0 Å². The van der Waals surface area contributed by atoms with Gasteiger partial charge in [0.1, 0.15) is 5.69 Å². The number of carbonyl (C=O) groups is 2. The van der Waals surface area contributed by atoms with Crippen molar-refractivity contribution in [2.45, 2.75) is 27.3 Å². The van der Waals surface area contributed by atoms with Crippen LogP contribution in [0.15, 0.2) is 36.7 Å². The molecule has 0 spiro atoms. The molecule has 27 heavy (non-hydrogen) atoms. The fraction of sp³-hybridized carbons (Fsp3) is 0.263. The van der Waals surface area contributed by atoms with Gasteiger partial charge in [0.15, 0.2) is 0 Å². The first kappa shape index (κ1) is 18.4. The SMILES string of the molecule is CCn1ncc(NC(=O)c2ccccc2C)c1C(=O)Nc1cnn(C)c1C. The molecule has 0 fully saturated rings. The topological polar surface area (TPSA) is 93.8 Å². The van der Waals surface area contributed by atoms with Crippen LogP contribution < -0.4 is 10.6 Å². The molecule has 1 aromatic carbocycles. The van der Waals surface area contributed by atoms with E-state index in [0.29, 0.717) is 29.2 Å². The summed E-state index contributed by atoms with van der Waals surface area (Å²) >= 11 is 0. The van der Waals surface area contributed by atoms with Crippen LogP contribution in [0.5, 0.6) is 0 Å². The number of benzene rings is 1. The van der Waals surface area contributed by atoms with Gasteiger partial charge in [-0.3, -0.25) is 19.0 Å². The van der Waals surface area contributed by atoms with Gasteiger partial charge in [0.05, 0.1) is 29.5 Å². The zero-order chi connectivity index (χ0) is 19.6. The van der Waals surface area contributed by atoms with E-state index in [0.717, 1.165) is 11.3 Å². The first-order chi connectivity index (χ1) is 12.9. The molecule has 0 unspecified atom stereocenters. The van der Waals surface area contributed by atoms with Crippen molar-refractivity contribution in [3.8, 4) is 0 Å². The molecule has 2 N–H and O–H groups in total. The summed E-state index contributed by atoms with van der Waals surface area (Å²) in [7, 11) is 1.80. The number of nitrogens with one attached hydrogen (secondary N) is 2. The second kappa shape index (κ2) is 7.45. The lowest BCUT2D eigenvalue weighted by Crippen LogP contribution is -2.21. The lowest BCUT2D eigenvalue weighted by molar-refractivity contribution is 0.101. The van der Waals surface area contributed by atoms with Gasteiger partial charge in [0, 0.05) is 19.2 Å². The van der Waals surface area contributed by atoms with Gasteiger partial charge in [-0.05, 0) is 32.4 Å². The Labute approximate surface area is 157 Å². The summed E-state index contributed by atoms with van der Waals surface area (Å²) in [5, 5.41) is 14.0. The van der Waals surface area contributed by atoms with Crippen molar-refractivity contribution in [3.05, 3.63) is 59.2 Å². The fourth-order valence-corrected chi connectivity index (χ4v) is 2.78. The zero-order valence-corrected chi connectivity index (χ0v) is 15.8. The first-order valence-electron chi connectivity index (χ1n) is 8.65. The van der Waals surface area contributed by atoms with E-state index in [1.807, 2.05) is 32.9 Å². The third kappa shape index (κ3) is 3.59. The first-order valence-corrected chi connectivity index (χ1v) is 8.65. The molecule has 0 aliphatic heterocycles. The molecule has 0 radical (unpaired) electrons. The Morgan fingerprint density at radius 2 is 1.67 bits per heavy atom. The van der Waals surface area contributed by atoms with Gasteiger partial charge in [-0.1, -0.05) is 18.2 Å². The van der Waals surface area contributed by atoms with Crippen molar-refractivity contribution in [2.75, 3.05) is 10.6 Å². The molecular formula is C19H22N6O2. The highest BCUT2D eigenvalue weighted by molar-refractivity contribution is 6.12. The van der Waals surface area contributed by atoms with Crippen LogP contribution >= 0.6 is 0 Å². The Hall–Kier alpha value is -3.42. The summed E-state index contributed by atoms with van der Waals surface area (Å²) in [6, 6.07) is 7.28. The van der Waals surface area contributed by atoms with E-state index in [1.165, 1.54) is 6.20 Å². The van der Waals surface area contributed by atoms with E-state index in [1.54, 1.807) is 34.7 Å². The van der Waals surface area contributed by atoms with Crippen LogP contribution in [0.3, 0.4) is 0 Å². The number of amides is 2. The molecule has 0 aliphatic rings. The average molecular weight is 366 g/mol. The molecule has 8 nitrogen and oxygen atoms in total. The van der Waals surface area contributed by atoms with E-state index >= 15 is 0 Å². The van der Waals surface area contributed by atoms with E-state index in [2.05, 4.69) is 20.8 Å². The average Bonchev–Trinajstić information content (AvgIpc) is 3.20. The van der Waals surface area contributed by atoms with Gasteiger partial charge in [0.25, 0.3) is 11.8 Å². The van der Waals surface area contributed by atoms with Gasteiger partial charge in [-0.15, -0.1) is 0 Å². The van der Waals surface area contributed by atoms with Gasteiger partial charge in [0.2, 0.25) is 0 Å². The van der Waals surface area contributed by atoms with Crippen molar-refractivity contribution in [1.29, 1.82) is 0 Å². The normalized spacial score (nSPS) is 10.7. The minimum absolute atomic E-state index is 0.282. The third-order valence-electron chi connectivity index (χ3n) is 4.48. The Bertz CT molecular complexity index is 1000. The van der Waals surface area contributed by atoms with Crippen LogP contribution in [0.1, 0.15) is 39.0 Å². The fourth-order valence-electron chi connectivity index (χ4n) is 2.78. The minimum atomic E-state index is -0.356. The monoisotopic (exact) mass is 366 g/mol. The van der Waals surface area contributed by atoms with Crippen LogP contribution in [0.25, 0.3) is 0 Å². The molecule has 3 aromatic rings. The molecule has 3 rings (SSSR count). The predicted molar refractivity (Wildman–Crippen MR) is 103 cm³/mol. The second-order valence-corrected chi connectivity index (χ2v) is 6.21. The summed E-state index contributed by atoms with van der Waals surface area (Å²) in [6.45, 7) is 6.10. The number of rotatable bonds is 5. The number of aromatic nitrogens is 4. The summed E-state index contributed by atoms with van der Waals surface area (Å²) in [6.07, 6.45) is 3.08. The maximum Gasteiger partial charge on any atom is 0.276 e. The Morgan fingerprint density at radius 3 is 2.30 bits per heavy atom. The molecule has 0 saturated heterocycles. The standard InChI is InChI=1S/C19H22N6O2/c1-5-25-17(19(27)22-15-10-20-24(4)13(15)3)16(11-21-25)23-18(26)14-9-7-6-8-12(14)2/h6-11H,5H2,1-4H3,(H,22,27)(H,23,26). The molecule has 0 atom stereocenters. The molecule has 2 heterocycles. The highest BCUT2D eigenvalue weighted by Crippen LogP contribution is 2.20. The zero-order valence-electron chi connectivity index (χ0n) is 15.8. The highest BCUT2D eigenvalue weighted by Gasteiger charge is 2.21. The smallest absolute Gasteiger partial charge is 0.276 e. The number of hydrogen-bond donors (Lipinski definition) is 2. The Morgan fingerprint density at radius 1 is 1.00 bits per heavy atom. The van der Waals surface area contributed by atoms with Crippen LogP contribution in [-0.4, -0.2) is 31.4 Å². The van der Waals surface area contributed by atoms with Crippen molar-refractivity contribution in [1.82, 2.24) is 19.6 Å². The molecule has 0 bridgehead atoms. The van der Waals surface area contributed by atoms with E-state index in [9.17, 15) is 9.59 Å². The number of anilines is 2. The molecule has 140 valence electrons. The van der Waals surface area contributed by atoms with Crippen molar-refractivity contribution in [2.24, 2.45) is 7.05 Å². The molecule has 2 aromatic heterocycles. The lowest BCUT2D eigenvalue weighted by atomic mass is 10.1. The highest BCUT2D eigenvalue weighted by atomic mass is 16.2. The maximum atomic E-state index is 12.9. The summed E-state index contributed by atoms with van der Waals surface area (Å²) in [4.78, 5) is 25.5. The molecule has 0 aliphatic carbocycles. The Kier molecular flexibility index (Phi) is 5.07. The quantitative estimate of drug-likeness (QED) is 0.726.